The molecule has 0 radical (unpaired) electrons. The monoisotopic (exact) mass is 421 g/mol. The van der Waals surface area contributed by atoms with E-state index in [2.05, 4.69) is 6.07 Å². The first-order valence-corrected chi connectivity index (χ1v) is 11.7. The number of carbonyl (C=O) groups excluding carboxylic acids is 2. The first kappa shape index (κ1) is 20.9. The van der Waals surface area contributed by atoms with Crippen molar-refractivity contribution in [1.29, 1.82) is 5.26 Å². The summed E-state index contributed by atoms with van der Waals surface area (Å²) in [5.74, 6) is 1.28. The number of nitrogens with zero attached hydrogens (tertiary/aromatic N) is 3. The third kappa shape index (κ3) is 4.01. The number of aliphatic hydroxyl groups is 1. The molecular formula is C22H32ClN3O3. The van der Waals surface area contributed by atoms with Gasteiger partial charge in [-0.1, -0.05) is 0 Å². The maximum atomic E-state index is 13.3. The van der Waals surface area contributed by atoms with Crippen molar-refractivity contribution < 1.29 is 14.7 Å². The molecular weight excluding hydrogens is 390 g/mol. The molecule has 4 bridgehead atoms. The zero-order chi connectivity index (χ0) is 20.6. The van der Waals surface area contributed by atoms with E-state index in [0.29, 0.717) is 49.9 Å². The molecule has 0 spiro atoms. The molecule has 0 aromatic carbocycles. The molecule has 4 saturated carbocycles. The zero-order valence-electron chi connectivity index (χ0n) is 17.1. The molecule has 3 atom stereocenters. The minimum Gasteiger partial charge on any atom is -0.390 e. The summed E-state index contributed by atoms with van der Waals surface area (Å²) in [7, 11) is 0. The van der Waals surface area contributed by atoms with Crippen LogP contribution in [0.3, 0.4) is 0 Å². The van der Waals surface area contributed by atoms with Crippen LogP contribution in [0.15, 0.2) is 0 Å². The molecule has 2 amide bonds. The van der Waals surface area contributed by atoms with E-state index in [1.54, 1.807) is 4.90 Å². The van der Waals surface area contributed by atoms with Gasteiger partial charge >= 0.3 is 0 Å². The van der Waals surface area contributed by atoms with Gasteiger partial charge < -0.3 is 14.9 Å². The van der Waals surface area contributed by atoms with E-state index >= 15 is 0 Å². The molecule has 0 aromatic heterocycles. The first-order chi connectivity index (χ1) is 13.9. The summed E-state index contributed by atoms with van der Waals surface area (Å²) >= 11 is 5.79. The van der Waals surface area contributed by atoms with Gasteiger partial charge in [0.1, 0.15) is 12.6 Å². The highest BCUT2D eigenvalue weighted by atomic mass is 35.5. The van der Waals surface area contributed by atoms with Crippen LogP contribution >= 0.6 is 11.6 Å². The average Bonchev–Trinajstić information content (AvgIpc) is 3.13. The molecule has 29 heavy (non-hydrogen) atoms. The summed E-state index contributed by atoms with van der Waals surface area (Å²) in [4.78, 5) is 29.9. The van der Waals surface area contributed by atoms with E-state index in [9.17, 15) is 20.0 Å². The summed E-state index contributed by atoms with van der Waals surface area (Å²) in [6.07, 6.45) is 8.58. The Morgan fingerprint density at radius 1 is 1.21 bits per heavy atom. The fraction of sp³-hybridized carbons (Fsp3) is 0.864. The third-order valence-corrected chi connectivity index (χ3v) is 7.93. The Morgan fingerprint density at radius 3 is 2.55 bits per heavy atom. The summed E-state index contributed by atoms with van der Waals surface area (Å²) in [5.41, 5.74) is -1.10. The number of hydrogen-bond acceptors (Lipinski definition) is 4. The molecule has 5 rings (SSSR count). The van der Waals surface area contributed by atoms with Gasteiger partial charge in [-0.05, 0) is 76.0 Å². The Morgan fingerprint density at radius 2 is 1.93 bits per heavy atom. The topological polar surface area (TPSA) is 84.6 Å². The highest BCUT2D eigenvalue weighted by Crippen LogP contribution is 2.59. The maximum Gasteiger partial charge on any atom is 0.243 e. The van der Waals surface area contributed by atoms with Crippen molar-refractivity contribution >= 4 is 23.4 Å². The number of amides is 2. The van der Waals surface area contributed by atoms with Crippen LogP contribution in [0.1, 0.15) is 70.6 Å². The first-order valence-electron chi connectivity index (χ1n) is 11.2. The standard InChI is InChI=1S/C22H32ClN3O3/c23-6-2-1-5-19(27)26(14-20(28)25-7-3-4-18(25)13-24)21-9-16-8-17(10-21)12-22(29,11-16)15-21/h16-18,29H,1-12,14-15H2/t16?,17?,18-,21?,22?/m0/s1. The highest BCUT2D eigenvalue weighted by molar-refractivity contribution is 6.17. The quantitative estimate of drug-likeness (QED) is 0.506. The Hall–Kier alpha value is -1.32. The second-order valence-electron chi connectivity index (χ2n) is 9.91. The van der Waals surface area contributed by atoms with Gasteiger partial charge in [0.15, 0.2) is 0 Å². The third-order valence-electron chi connectivity index (χ3n) is 7.66. The number of likely N-dealkylation sites (tertiary alicyclic amines) is 1. The highest BCUT2D eigenvalue weighted by Gasteiger charge is 2.60. The molecule has 5 fully saturated rings. The average molecular weight is 422 g/mol. The Balaban J connectivity index is 1.56. The van der Waals surface area contributed by atoms with Gasteiger partial charge in [0.2, 0.25) is 11.8 Å². The van der Waals surface area contributed by atoms with E-state index in [1.165, 1.54) is 0 Å². The van der Waals surface area contributed by atoms with Crippen molar-refractivity contribution in [3.05, 3.63) is 0 Å². The fourth-order valence-electron chi connectivity index (χ4n) is 6.93. The molecule has 2 unspecified atom stereocenters. The summed E-state index contributed by atoms with van der Waals surface area (Å²) in [6, 6.07) is 1.85. The number of nitriles is 1. The lowest BCUT2D eigenvalue weighted by Gasteiger charge is -2.63. The fourth-order valence-corrected chi connectivity index (χ4v) is 7.12. The predicted octanol–water partition coefficient (Wildman–Crippen LogP) is 2.82. The summed E-state index contributed by atoms with van der Waals surface area (Å²) in [5, 5.41) is 20.5. The van der Waals surface area contributed by atoms with Crippen LogP contribution in [0.5, 0.6) is 0 Å². The van der Waals surface area contributed by atoms with Crippen molar-refractivity contribution in [3.63, 3.8) is 0 Å². The molecule has 5 aliphatic rings. The Kier molecular flexibility index (Phi) is 5.83. The van der Waals surface area contributed by atoms with E-state index in [4.69, 9.17) is 11.6 Å². The molecule has 7 heteroatoms. The van der Waals surface area contributed by atoms with Crippen LogP contribution in [0.25, 0.3) is 0 Å². The normalized spacial score (nSPS) is 37.6. The molecule has 1 heterocycles. The van der Waals surface area contributed by atoms with E-state index < -0.39 is 11.1 Å². The number of carbonyl (C=O) groups is 2. The van der Waals surface area contributed by atoms with Crippen LogP contribution in [-0.4, -0.2) is 62.9 Å². The smallest absolute Gasteiger partial charge is 0.243 e. The minimum atomic E-state index is -0.690. The van der Waals surface area contributed by atoms with Crippen molar-refractivity contribution in [2.75, 3.05) is 19.0 Å². The lowest BCUT2D eigenvalue weighted by atomic mass is 9.50. The van der Waals surface area contributed by atoms with Gasteiger partial charge in [0.05, 0.1) is 11.7 Å². The van der Waals surface area contributed by atoms with Gasteiger partial charge in [0.25, 0.3) is 0 Å². The Bertz CT molecular complexity index is 692. The number of alkyl halides is 1. The zero-order valence-corrected chi connectivity index (χ0v) is 17.9. The number of unbranched alkanes of at least 4 members (excludes halogenated alkanes) is 1. The van der Waals surface area contributed by atoms with Gasteiger partial charge in [0, 0.05) is 24.4 Å². The van der Waals surface area contributed by atoms with E-state index in [1.807, 2.05) is 4.90 Å². The molecule has 160 valence electrons. The van der Waals surface area contributed by atoms with E-state index in [-0.39, 0.29) is 24.4 Å². The Labute approximate surface area is 178 Å². The molecule has 4 aliphatic carbocycles. The molecule has 6 nitrogen and oxygen atoms in total. The lowest BCUT2D eigenvalue weighted by Crippen LogP contribution is -2.67. The van der Waals surface area contributed by atoms with Crippen LogP contribution in [-0.2, 0) is 9.59 Å². The van der Waals surface area contributed by atoms with Gasteiger partial charge in [-0.2, -0.15) is 5.26 Å². The van der Waals surface area contributed by atoms with Gasteiger partial charge in [-0.3, -0.25) is 9.59 Å². The lowest BCUT2D eigenvalue weighted by molar-refractivity contribution is -0.186. The van der Waals surface area contributed by atoms with Crippen molar-refractivity contribution in [3.8, 4) is 6.07 Å². The maximum absolute atomic E-state index is 13.3. The molecule has 1 saturated heterocycles. The second-order valence-corrected chi connectivity index (χ2v) is 10.3. The van der Waals surface area contributed by atoms with Gasteiger partial charge in [-0.25, -0.2) is 0 Å². The van der Waals surface area contributed by atoms with Crippen LogP contribution in [0.4, 0.5) is 0 Å². The van der Waals surface area contributed by atoms with Crippen molar-refractivity contribution in [2.24, 2.45) is 11.8 Å². The summed E-state index contributed by atoms with van der Waals surface area (Å²) in [6.45, 7) is 0.626. The largest absolute Gasteiger partial charge is 0.390 e. The van der Waals surface area contributed by atoms with Crippen molar-refractivity contribution in [1.82, 2.24) is 9.80 Å². The molecule has 1 N–H and O–H groups in total. The number of rotatable bonds is 7. The molecule has 1 aliphatic heterocycles. The number of hydrogen-bond donors (Lipinski definition) is 1. The van der Waals surface area contributed by atoms with Crippen LogP contribution in [0, 0.1) is 23.2 Å². The van der Waals surface area contributed by atoms with Gasteiger partial charge in [-0.15, -0.1) is 11.6 Å². The number of halogens is 1. The minimum absolute atomic E-state index is 0.00159. The second kappa shape index (κ2) is 8.07. The van der Waals surface area contributed by atoms with Crippen LogP contribution in [0.2, 0.25) is 0 Å². The van der Waals surface area contributed by atoms with Crippen LogP contribution < -0.4 is 0 Å². The summed E-state index contributed by atoms with van der Waals surface area (Å²) < 4.78 is 0. The molecule has 0 aromatic rings. The SMILES string of the molecule is N#C[C@@H]1CCCN1C(=O)CN(C(=O)CCCCCl)C12CC3CC(CC(O)(C3)C1)C2. The predicted molar refractivity (Wildman–Crippen MR) is 109 cm³/mol. The van der Waals surface area contributed by atoms with E-state index in [0.717, 1.165) is 44.9 Å². The van der Waals surface area contributed by atoms with Crippen molar-refractivity contribution in [2.45, 2.75) is 87.8 Å².